The Morgan fingerprint density at radius 3 is 2.08 bits per heavy atom. The molecule has 5 aliphatic rings. The minimum absolute atomic E-state index is 0.0134. The standard InChI is InChI=1S/C40H67N5O7S/c1-7-39(5,6)53(51,52)25-40(20-12-9-13-21-40)44-37(50)43-32(28-14-10-8-11-15-28)36(49)45-24-26(2)38(3,4)23-31(45)34(47)42-30(22-27-16-17-27)33(46)35(48)41-29-18-19-29/h26-32H,7-25H2,1-6H3,(H,41,48)(H,42,47)(H2,43,44,50)/t26?,30?,31-,32-/m0/s1. The van der Waals surface area contributed by atoms with Crippen molar-refractivity contribution in [2.24, 2.45) is 23.2 Å². The predicted molar refractivity (Wildman–Crippen MR) is 205 cm³/mol. The second-order valence-electron chi connectivity index (χ2n) is 18.6. The summed E-state index contributed by atoms with van der Waals surface area (Å²) in [4.78, 5) is 71.1. The first-order chi connectivity index (χ1) is 24.9. The molecule has 0 radical (unpaired) electrons. The summed E-state index contributed by atoms with van der Waals surface area (Å²) in [6.07, 6.45) is 12.9. The zero-order valence-corrected chi connectivity index (χ0v) is 34.0. The van der Waals surface area contributed by atoms with Crippen molar-refractivity contribution < 1.29 is 32.4 Å². The number of carbonyl (C=O) groups excluding carboxylic acids is 5. The van der Waals surface area contributed by atoms with Gasteiger partial charge in [0, 0.05) is 12.6 Å². The van der Waals surface area contributed by atoms with E-state index >= 15 is 0 Å². The summed E-state index contributed by atoms with van der Waals surface area (Å²) in [6.45, 7) is 11.9. The molecule has 0 aromatic rings. The number of urea groups is 1. The molecule has 0 aromatic heterocycles. The smallest absolute Gasteiger partial charge is 0.315 e. The maximum Gasteiger partial charge on any atom is 0.315 e. The van der Waals surface area contributed by atoms with E-state index in [9.17, 15) is 32.4 Å². The van der Waals surface area contributed by atoms with Crippen LogP contribution in [0.25, 0.3) is 0 Å². The van der Waals surface area contributed by atoms with Crippen molar-refractivity contribution in [2.75, 3.05) is 12.3 Å². The van der Waals surface area contributed by atoms with Crippen molar-refractivity contribution in [3.63, 3.8) is 0 Å². The predicted octanol–water partition coefficient (Wildman–Crippen LogP) is 4.94. The number of rotatable bonds is 15. The Hall–Kier alpha value is -2.70. The van der Waals surface area contributed by atoms with Gasteiger partial charge in [-0.15, -0.1) is 0 Å². The summed E-state index contributed by atoms with van der Waals surface area (Å²) < 4.78 is 26.4. The van der Waals surface area contributed by atoms with Crippen molar-refractivity contribution >= 4 is 39.4 Å². The van der Waals surface area contributed by atoms with Crippen LogP contribution in [0.5, 0.6) is 0 Å². The third-order valence-electron chi connectivity index (χ3n) is 13.5. The van der Waals surface area contributed by atoms with Gasteiger partial charge in [0.15, 0.2) is 9.84 Å². The number of ketones is 1. The molecule has 0 aromatic carbocycles. The van der Waals surface area contributed by atoms with Gasteiger partial charge < -0.3 is 26.2 Å². The molecule has 13 heteroatoms. The molecule has 4 saturated carbocycles. The Bertz CT molecular complexity index is 1480. The van der Waals surface area contributed by atoms with Gasteiger partial charge in [0.25, 0.3) is 5.91 Å². The summed E-state index contributed by atoms with van der Waals surface area (Å²) in [6, 6.07) is -3.30. The number of piperidine rings is 1. The van der Waals surface area contributed by atoms with Crippen molar-refractivity contribution in [1.29, 1.82) is 0 Å². The molecule has 0 bridgehead atoms. The number of nitrogens with one attached hydrogen (secondary N) is 4. The van der Waals surface area contributed by atoms with E-state index in [4.69, 9.17) is 0 Å². The second kappa shape index (κ2) is 16.6. The number of hydrogen-bond acceptors (Lipinski definition) is 7. The molecule has 1 saturated heterocycles. The van der Waals surface area contributed by atoms with Crippen molar-refractivity contribution in [1.82, 2.24) is 26.2 Å². The van der Waals surface area contributed by atoms with Crippen LogP contribution in [0.2, 0.25) is 0 Å². The Labute approximate surface area is 317 Å². The second-order valence-corrected chi connectivity index (χ2v) is 21.3. The minimum atomic E-state index is -3.57. The van der Waals surface area contributed by atoms with Crippen molar-refractivity contribution in [3.8, 4) is 0 Å². The normalized spacial score (nSPS) is 26.1. The molecular weight excluding hydrogens is 695 g/mol. The monoisotopic (exact) mass is 761 g/mol. The average Bonchev–Trinajstić information content (AvgIpc) is 4.05. The number of amides is 5. The molecule has 300 valence electrons. The van der Waals surface area contributed by atoms with Crippen LogP contribution in [0.4, 0.5) is 4.79 Å². The van der Waals surface area contributed by atoms with E-state index in [0.717, 1.165) is 77.0 Å². The van der Waals surface area contributed by atoms with Gasteiger partial charge in [0.1, 0.15) is 12.1 Å². The summed E-state index contributed by atoms with van der Waals surface area (Å²) in [5.41, 5.74) is -1.23. The molecule has 5 rings (SSSR count). The van der Waals surface area contributed by atoms with E-state index in [2.05, 4.69) is 42.0 Å². The number of nitrogens with zero attached hydrogens (tertiary/aromatic N) is 1. The van der Waals surface area contributed by atoms with Gasteiger partial charge in [0.05, 0.1) is 22.1 Å². The first-order valence-electron chi connectivity index (χ1n) is 20.6. The minimum Gasteiger partial charge on any atom is -0.347 e. The summed E-state index contributed by atoms with van der Waals surface area (Å²) in [7, 11) is -3.57. The Morgan fingerprint density at radius 1 is 0.868 bits per heavy atom. The molecule has 1 heterocycles. The van der Waals surface area contributed by atoms with Gasteiger partial charge in [0.2, 0.25) is 17.6 Å². The Morgan fingerprint density at radius 2 is 1.49 bits per heavy atom. The zero-order chi connectivity index (χ0) is 38.8. The third kappa shape index (κ3) is 10.3. The van der Waals surface area contributed by atoms with E-state index in [1.807, 2.05) is 6.92 Å². The topological polar surface area (TPSA) is 171 Å². The van der Waals surface area contributed by atoms with Crippen LogP contribution in [-0.2, 0) is 29.0 Å². The summed E-state index contributed by atoms with van der Waals surface area (Å²) in [5.74, 6) is -2.07. The number of hydrogen-bond donors (Lipinski definition) is 4. The van der Waals surface area contributed by atoms with Crippen LogP contribution >= 0.6 is 0 Å². The molecule has 4 aliphatic carbocycles. The van der Waals surface area contributed by atoms with Gasteiger partial charge in [-0.05, 0) is 94.8 Å². The lowest BCUT2D eigenvalue weighted by molar-refractivity contribution is -0.151. The van der Waals surface area contributed by atoms with Crippen LogP contribution in [0, 0.1) is 23.2 Å². The van der Waals surface area contributed by atoms with Crippen LogP contribution in [0.15, 0.2) is 0 Å². The molecule has 53 heavy (non-hydrogen) atoms. The van der Waals surface area contributed by atoms with Crippen LogP contribution < -0.4 is 21.3 Å². The highest BCUT2D eigenvalue weighted by Crippen LogP contribution is 2.40. The van der Waals surface area contributed by atoms with E-state index in [-0.39, 0.29) is 40.9 Å². The third-order valence-corrected chi connectivity index (χ3v) is 16.4. The van der Waals surface area contributed by atoms with E-state index in [1.54, 1.807) is 18.7 Å². The molecule has 0 spiro atoms. The molecule has 4 N–H and O–H groups in total. The fraction of sp³-hybridized carbons (Fsp3) is 0.875. The number of carbonyl (C=O) groups is 5. The lowest BCUT2D eigenvalue weighted by Gasteiger charge is -2.48. The first kappa shape index (κ1) is 41.5. The van der Waals surface area contributed by atoms with Crippen LogP contribution in [0.1, 0.15) is 151 Å². The van der Waals surface area contributed by atoms with Gasteiger partial charge in [-0.1, -0.05) is 79.1 Å². The molecule has 12 nitrogen and oxygen atoms in total. The number of likely N-dealkylation sites (tertiary alicyclic amines) is 1. The zero-order valence-electron chi connectivity index (χ0n) is 33.2. The lowest BCUT2D eigenvalue weighted by atomic mass is 9.71. The molecule has 5 amide bonds. The van der Waals surface area contributed by atoms with Crippen LogP contribution in [0.3, 0.4) is 0 Å². The summed E-state index contributed by atoms with van der Waals surface area (Å²) >= 11 is 0. The van der Waals surface area contributed by atoms with Gasteiger partial charge in [-0.25, -0.2) is 13.2 Å². The van der Waals surface area contributed by atoms with E-state index in [1.165, 1.54) is 0 Å². The van der Waals surface area contributed by atoms with E-state index < -0.39 is 61.9 Å². The largest absolute Gasteiger partial charge is 0.347 e. The number of Topliss-reactive ketones (excluding diaryl/α,β-unsaturated/α-hetero) is 1. The number of sulfone groups is 1. The van der Waals surface area contributed by atoms with Gasteiger partial charge >= 0.3 is 6.03 Å². The van der Waals surface area contributed by atoms with Gasteiger partial charge in [-0.2, -0.15) is 0 Å². The molecule has 2 unspecified atom stereocenters. The lowest BCUT2D eigenvalue weighted by Crippen LogP contribution is -2.65. The molecule has 1 aliphatic heterocycles. The van der Waals surface area contributed by atoms with E-state index in [0.29, 0.717) is 38.6 Å². The maximum absolute atomic E-state index is 14.9. The van der Waals surface area contributed by atoms with Crippen molar-refractivity contribution in [2.45, 2.75) is 185 Å². The average molecular weight is 762 g/mol. The highest BCUT2D eigenvalue weighted by Gasteiger charge is 2.49. The van der Waals surface area contributed by atoms with Gasteiger partial charge in [-0.3, -0.25) is 19.2 Å². The molecule has 4 atom stereocenters. The van der Waals surface area contributed by atoms with Crippen molar-refractivity contribution in [3.05, 3.63) is 0 Å². The maximum atomic E-state index is 14.9. The quantitative estimate of drug-likeness (QED) is 0.171. The summed E-state index contributed by atoms with van der Waals surface area (Å²) in [5, 5.41) is 11.8. The molecular formula is C40H67N5O7S. The first-order valence-corrected chi connectivity index (χ1v) is 22.3. The Kier molecular flexibility index (Phi) is 13.0. The molecule has 5 fully saturated rings. The SMILES string of the molecule is CCC(C)(C)S(=O)(=O)CC1(NC(=O)N[C@H](C(=O)N2CC(C)C(C)(C)C[C@H]2C(=O)NC(CC2CC2)C(=O)C(=O)NC2CC2)C2CCCCC2)CCCCC1. The highest BCUT2D eigenvalue weighted by atomic mass is 32.2. The Balaban J connectivity index is 1.38. The van der Waals surface area contributed by atoms with Crippen LogP contribution in [-0.4, -0.2) is 89.6 Å². The highest BCUT2D eigenvalue weighted by molar-refractivity contribution is 7.92. The fourth-order valence-corrected chi connectivity index (χ4v) is 10.5. The fourth-order valence-electron chi connectivity index (χ4n) is 8.54.